The van der Waals surface area contributed by atoms with Gasteiger partial charge in [0.25, 0.3) is 0 Å². The topological polar surface area (TPSA) is 37.3 Å². The molecule has 0 heterocycles. The van der Waals surface area contributed by atoms with Crippen LogP contribution in [0.3, 0.4) is 0 Å². The maximum absolute atomic E-state index is 7.94. The minimum atomic E-state index is 0. The van der Waals surface area contributed by atoms with Crippen LogP contribution in [0.15, 0.2) is 24.3 Å². The number of aliphatic hydroxyl groups is 1. The molecule has 0 saturated carbocycles. The van der Waals surface area contributed by atoms with Crippen LogP contribution in [-0.2, 0) is 19.5 Å². The van der Waals surface area contributed by atoms with E-state index in [9.17, 15) is 0 Å². The Labute approximate surface area is 81.4 Å². The van der Waals surface area contributed by atoms with Gasteiger partial charge in [0.2, 0.25) is 0 Å². The molecule has 0 unspecified atom stereocenters. The molecule has 12 heavy (non-hydrogen) atoms. The maximum atomic E-state index is 7.94. The zero-order valence-electron chi connectivity index (χ0n) is 6.91. The van der Waals surface area contributed by atoms with Crippen molar-refractivity contribution in [2.45, 2.75) is 6.92 Å². The molecular formula is C9H12CoO2-2. The summed E-state index contributed by atoms with van der Waals surface area (Å²) >= 11 is 2.31. The van der Waals surface area contributed by atoms with Crippen molar-refractivity contribution in [3.63, 3.8) is 0 Å². The Balaban J connectivity index is 0. The summed E-state index contributed by atoms with van der Waals surface area (Å²) in [5, 5.41) is 7.46. The summed E-state index contributed by atoms with van der Waals surface area (Å²) < 4.78 is 7.94. The van der Waals surface area contributed by atoms with Crippen LogP contribution in [0.25, 0.3) is 0 Å². The standard InChI is InChI=1S/C7H7.C2H5O.Co.O/c1-7-5-3-2-4-6-7;1-2-3;;/h3-6H,1H3;3H,1-2H2;;/q2*-1;;. The number of aliphatic hydroxyl groups excluding tert-OH is 1. The van der Waals surface area contributed by atoms with Gasteiger partial charge in [-0.3, -0.25) is 0 Å². The summed E-state index contributed by atoms with van der Waals surface area (Å²) in [5.41, 5.74) is 1.29. The first-order valence-corrected chi connectivity index (χ1v) is 3.70. The van der Waals surface area contributed by atoms with Crippen molar-refractivity contribution in [2.75, 3.05) is 6.61 Å². The van der Waals surface area contributed by atoms with Gasteiger partial charge in [-0.1, -0.05) is 13.5 Å². The third-order valence-electron chi connectivity index (χ3n) is 0.885. The number of benzene rings is 1. The molecule has 0 bridgehead atoms. The van der Waals surface area contributed by atoms with Gasteiger partial charge in [0, 0.05) is 0 Å². The van der Waals surface area contributed by atoms with Crippen molar-refractivity contribution in [1.82, 2.24) is 0 Å². The molecule has 71 valence electrons. The molecule has 0 aliphatic carbocycles. The molecule has 0 amide bonds. The molecule has 0 radical (unpaired) electrons. The Hall–Kier alpha value is -0.514. The van der Waals surface area contributed by atoms with E-state index < -0.39 is 0 Å². The minimum absolute atomic E-state index is 0. The van der Waals surface area contributed by atoms with Gasteiger partial charge in [-0.25, -0.2) is 0 Å². The second kappa shape index (κ2) is 13.1. The molecule has 1 aromatic carbocycles. The summed E-state index contributed by atoms with van der Waals surface area (Å²) in [5.74, 6) is 0. The van der Waals surface area contributed by atoms with Crippen molar-refractivity contribution in [3.8, 4) is 0 Å². The summed E-state index contributed by atoms with van der Waals surface area (Å²) in [6.45, 7) is 5.11. The van der Waals surface area contributed by atoms with Crippen molar-refractivity contribution in [3.05, 3.63) is 42.8 Å². The van der Waals surface area contributed by atoms with Crippen LogP contribution < -0.4 is 0 Å². The van der Waals surface area contributed by atoms with Gasteiger partial charge in [-0.05, 0) is 0 Å². The van der Waals surface area contributed by atoms with Crippen LogP contribution >= 0.6 is 0 Å². The van der Waals surface area contributed by atoms with Gasteiger partial charge >= 0.3 is 19.5 Å². The molecule has 0 aliphatic rings. The van der Waals surface area contributed by atoms with E-state index >= 15 is 0 Å². The van der Waals surface area contributed by atoms with Gasteiger partial charge in [0.05, 0.1) is 0 Å². The van der Waals surface area contributed by atoms with Gasteiger partial charge in [-0.15, -0.1) is 0 Å². The van der Waals surface area contributed by atoms with Crippen molar-refractivity contribution in [2.24, 2.45) is 0 Å². The van der Waals surface area contributed by atoms with E-state index in [1.54, 1.807) is 0 Å². The zero-order valence-corrected chi connectivity index (χ0v) is 7.95. The summed E-state index contributed by atoms with van der Waals surface area (Å²) in [7, 11) is 0. The van der Waals surface area contributed by atoms with E-state index in [0.29, 0.717) is 0 Å². The number of aryl methyl sites for hydroxylation is 1. The molecular weight excluding hydrogens is 199 g/mol. The van der Waals surface area contributed by atoms with Crippen LogP contribution in [0.1, 0.15) is 5.56 Å². The Morgan fingerprint density at radius 1 is 1.50 bits per heavy atom. The van der Waals surface area contributed by atoms with Gasteiger partial charge < -0.3 is 12.0 Å². The van der Waals surface area contributed by atoms with Crippen LogP contribution in [0.2, 0.25) is 0 Å². The Morgan fingerprint density at radius 3 is 2.00 bits per heavy atom. The molecule has 2 nitrogen and oxygen atoms in total. The first-order chi connectivity index (χ1) is 5.81. The number of rotatable bonds is 0. The predicted octanol–water partition coefficient (Wildman–Crippen LogP) is 1.49. The normalized spacial score (nSPS) is 7.00. The SMILES string of the molecule is Cc1cc[c-]cc1.[CH2-]CO.[O]=[Co]. The second-order valence-electron chi connectivity index (χ2n) is 1.80. The first kappa shape index (κ1) is 14.0. The fourth-order valence-corrected chi connectivity index (χ4v) is 0.470. The Morgan fingerprint density at radius 2 is 1.83 bits per heavy atom. The third-order valence-corrected chi connectivity index (χ3v) is 0.885. The third kappa shape index (κ3) is 12.2. The summed E-state index contributed by atoms with van der Waals surface area (Å²) in [4.78, 5) is 0. The molecule has 1 rings (SSSR count). The van der Waals surface area contributed by atoms with Crippen molar-refractivity contribution in [1.29, 1.82) is 0 Å². The molecule has 0 aromatic heterocycles. The molecule has 0 spiro atoms. The molecule has 0 saturated heterocycles. The van der Waals surface area contributed by atoms with Crippen molar-refractivity contribution >= 4 is 0 Å². The monoisotopic (exact) mass is 211 g/mol. The number of hydrogen-bond acceptors (Lipinski definition) is 2. The summed E-state index contributed by atoms with van der Waals surface area (Å²) in [6.07, 6.45) is 0. The fraction of sp³-hybridized carbons (Fsp3) is 0.222. The molecule has 1 aromatic rings. The Kier molecular flexibility index (Phi) is 15.3. The first-order valence-electron chi connectivity index (χ1n) is 3.27. The molecule has 0 atom stereocenters. The predicted molar refractivity (Wildman–Crippen MR) is 43.1 cm³/mol. The molecule has 0 fully saturated rings. The van der Waals surface area contributed by atoms with Gasteiger partial charge in [-0.2, -0.15) is 35.9 Å². The van der Waals surface area contributed by atoms with Gasteiger partial charge in [0.1, 0.15) is 0 Å². The van der Waals surface area contributed by atoms with E-state index in [2.05, 4.69) is 35.6 Å². The van der Waals surface area contributed by atoms with Gasteiger partial charge in [0.15, 0.2) is 0 Å². The molecule has 1 N–H and O–H groups in total. The summed E-state index contributed by atoms with van der Waals surface area (Å²) in [6, 6.07) is 10.8. The molecule has 0 aliphatic heterocycles. The Bertz CT molecular complexity index is 165. The average Bonchev–Trinajstić information content (AvgIpc) is 2.11. The zero-order chi connectivity index (χ0) is 9.82. The molecule has 3 heteroatoms. The average molecular weight is 211 g/mol. The van der Waals surface area contributed by atoms with Crippen LogP contribution in [0, 0.1) is 19.9 Å². The van der Waals surface area contributed by atoms with Crippen LogP contribution in [0.4, 0.5) is 0 Å². The second-order valence-corrected chi connectivity index (χ2v) is 1.80. The van der Waals surface area contributed by atoms with E-state index in [-0.39, 0.29) is 6.61 Å². The van der Waals surface area contributed by atoms with E-state index in [1.807, 2.05) is 24.3 Å². The van der Waals surface area contributed by atoms with E-state index in [1.165, 1.54) is 5.56 Å². The van der Waals surface area contributed by atoms with E-state index in [0.717, 1.165) is 0 Å². The quantitative estimate of drug-likeness (QED) is 0.660. The number of hydrogen-bond donors (Lipinski definition) is 1. The van der Waals surface area contributed by atoms with Crippen LogP contribution in [0.5, 0.6) is 0 Å². The van der Waals surface area contributed by atoms with E-state index in [4.69, 9.17) is 8.97 Å². The van der Waals surface area contributed by atoms with Crippen LogP contribution in [-0.4, -0.2) is 11.7 Å². The fourth-order valence-electron chi connectivity index (χ4n) is 0.470. The van der Waals surface area contributed by atoms with Crippen molar-refractivity contribution < 1.29 is 24.6 Å².